The van der Waals surface area contributed by atoms with Gasteiger partial charge in [0.1, 0.15) is 17.1 Å². The van der Waals surface area contributed by atoms with Crippen LogP contribution in [0.15, 0.2) is 18.2 Å². The smallest absolute Gasteiger partial charge is 0.147 e. The molecule has 0 atom stereocenters. The fourth-order valence-corrected chi connectivity index (χ4v) is 3.40. The van der Waals surface area contributed by atoms with E-state index in [4.69, 9.17) is 21.3 Å². The van der Waals surface area contributed by atoms with Crippen molar-refractivity contribution in [3.05, 3.63) is 24.0 Å². The molecular formula is C16H21ClN2O. The molecule has 4 heteroatoms. The van der Waals surface area contributed by atoms with Gasteiger partial charge in [-0.15, -0.1) is 11.6 Å². The molecule has 1 saturated carbocycles. The van der Waals surface area contributed by atoms with Crippen LogP contribution in [-0.2, 0) is 12.4 Å². The standard InChI is InChI=1S/C16H21ClN2O/c1-2-20-14-9-5-8-13-16(14)18-15(10-17)19(13)11-12-6-3-4-7-12/h5,8-9,12H,2-4,6-7,10-11H2,1H3. The predicted octanol–water partition coefficient (Wildman–Crippen LogP) is 4.36. The van der Waals surface area contributed by atoms with E-state index in [0.29, 0.717) is 12.5 Å². The second-order valence-electron chi connectivity index (χ2n) is 5.48. The van der Waals surface area contributed by atoms with Crippen LogP contribution in [0.3, 0.4) is 0 Å². The van der Waals surface area contributed by atoms with Crippen LogP contribution >= 0.6 is 11.6 Å². The van der Waals surface area contributed by atoms with Gasteiger partial charge in [0, 0.05) is 6.54 Å². The van der Waals surface area contributed by atoms with E-state index in [1.54, 1.807) is 0 Å². The molecule has 108 valence electrons. The molecule has 0 saturated heterocycles. The van der Waals surface area contributed by atoms with E-state index in [2.05, 4.69) is 10.6 Å². The number of ether oxygens (including phenoxy) is 1. The largest absolute Gasteiger partial charge is 0.492 e. The van der Waals surface area contributed by atoms with Gasteiger partial charge in [-0.2, -0.15) is 0 Å². The summed E-state index contributed by atoms with van der Waals surface area (Å²) in [7, 11) is 0. The number of hydrogen-bond donors (Lipinski definition) is 0. The van der Waals surface area contributed by atoms with E-state index in [1.807, 2.05) is 19.1 Å². The second kappa shape index (κ2) is 6.04. The van der Waals surface area contributed by atoms with Gasteiger partial charge in [-0.05, 0) is 37.8 Å². The lowest BCUT2D eigenvalue weighted by atomic mass is 10.1. The first kappa shape index (κ1) is 13.7. The first-order valence-electron chi connectivity index (χ1n) is 7.50. The van der Waals surface area contributed by atoms with Gasteiger partial charge in [0.25, 0.3) is 0 Å². The predicted molar refractivity (Wildman–Crippen MR) is 82.4 cm³/mol. The molecule has 1 aliphatic rings. The Kier molecular flexibility index (Phi) is 4.16. The lowest BCUT2D eigenvalue weighted by Crippen LogP contribution is -2.09. The Morgan fingerprint density at radius 1 is 1.35 bits per heavy atom. The Hall–Kier alpha value is -1.22. The molecule has 1 heterocycles. The molecule has 0 radical (unpaired) electrons. The molecule has 0 aliphatic heterocycles. The number of fused-ring (bicyclic) bond motifs is 1. The molecule has 0 spiro atoms. The third-order valence-corrected chi connectivity index (χ3v) is 4.39. The molecule has 2 aromatic rings. The van der Waals surface area contributed by atoms with Crippen molar-refractivity contribution in [2.24, 2.45) is 5.92 Å². The minimum atomic E-state index is 0.451. The molecule has 20 heavy (non-hydrogen) atoms. The fourth-order valence-electron chi connectivity index (χ4n) is 3.20. The van der Waals surface area contributed by atoms with Gasteiger partial charge in [-0.3, -0.25) is 0 Å². The summed E-state index contributed by atoms with van der Waals surface area (Å²) >= 11 is 6.09. The summed E-state index contributed by atoms with van der Waals surface area (Å²) in [5.41, 5.74) is 2.10. The van der Waals surface area contributed by atoms with E-state index in [0.717, 1.165) is 35.1 Å². The molecule has 0 N–H and O–H groups in total. The average Bonchev–Trinajstić information content (AvgIpc) is 3.08. The Balaban J connectivity index is 2.02. The number of nitrogens with zero attached hydrogens (tertiary/aromatic N) is 2. The van der Waals surface area contributed by atoms with E-state index < -0.39 is 0 Å². The van der Waals surface area contributed by atoms with E-state index in [1.165, 1.54) is 25.7 Å². The Labute approximate surface area is 124 Å². The average molecular weight is 293 g/mol. The summed E-state index contributed by atoms with van der Waals surface area (Å²) in [5, 5.41) is 0. The maximum atomic E-state index is 6.09. The van der Waals surface area contributed by atoms with Crippen LogP contribution in [0.5, 0.6) is 5.75 Å². The van der Waals surface area contributed by atoms with Crippen molar-refractivity contribution in [3.8, 4) is 5.75 Å². The zero-order valence-corrected chi connectivity index (χ0v) is 12.7. The van der Waals surface area contributed by atoms with Crippen molar-refractivity contribution in [3.63, 3.8) is 0 Å². The molecule has 1 aromatic heterocycles. The number of halogens is 1. The van der Waals surface area contributed by atoms with Crippen LogP contribution in [0, 0.1) is 5.92 Å². The highest BCUT2D eigenvalue weighted by molar-refractivity contribution is 6.16. The maximum absolute atomic E-state index is 6.09. The molecular weight excluding hydrogens is 272 g/mol. The Morgan fingerprint density at radius 2 is 2.15 bits per heavy atom. The van der Waals surface area contributed by atoms with Crippen molar-refractivity contribution in [1.82, 2.24) is 9.55 Å². The summed E-state index contributed by atoms with van der Waals surface area (Å²) in [4.78, 5) is 4.70. The SMILES string of the molecule is CCOc1cccc2c1nc(CCl)n2CC1CCCC1. The topological polar surface area (TPSA) is 27.1 Å². The molecule has 3 rings (SSSR count). The third-order valence-electron chi connectivity index (χ3n) is 4.16. The highest BCUT2D eigenvalue weighted by Gasteiger charge is 2.20. The van der Waals surface area contributed by atoms with Gasteiger partial charge in [-0.25, -0.2) is 4.98 Å². The third kappa shape index (κ3) is 2.51. The van der Waals surface area contributed by atoms with Crippen LogP contribution in [0.2, 0.25) is 0 Å². The highest BCUT2D eigenvalue weighted by Crippen LogP contribution is 2.31. The summed E-state index contributed by atoms with van der Waals surface area (Å²) in [6.45, 7) is 3.69. The van der Waals surface area contributed by atoms with Gasteiger partial charge in [0.15, 0.2) is 0 Å². The number of alkyl halides is 1. The van der Waals surface area contributed by atoms with Crippen LogP contribution in [-0.4, -0.2) is 16.2 Å². The monoisotopic (exact) mass is 292 g/mol. The molecule has 3 nitrogen and oxygen atoms in total. The minimum Gasteiger partial charge on any atom is -0.492 e. The van der Waals surface area contributed by atoms with Gasteiger partial charge in [0.05, 0.1) is 18.0 Å². The number of imidazole rings is 1. The van der Waals surface area contributed by atoms with Gasteiger partial charge in [-0.1, -0.05) is 18.9 Å². The fraction of sp³-hybridized carbons (Fsp3) is 0.562. The Morgan fingerprint density at radius 3 is 2.85 bits per heavy atom. The van der Waals surface area contributed by atoms with Gasteiger partial charge >= 0.3 is 0 Å². The summed E-state index contributed by atoms with van der Waals surface area (Å²) in [5.74, 6) is 3.04. The van der Waals surface area contributed by atoms with Crippen molar-refractivity contribution in [1.29, 1.82) is 0 Å². The van der Waals surface area contributed by atoms with Crippen LogP contribution in [0.25, 0.3) is 11.0 Å². The first-order chi connectivity index (χ1) is 9.83. The minimum absolute atomic E-state index is 0.451. The zero-order chi connectivity index (χ0) is 13.9. The summed E-state index contributed by atoms with van der Waals surface area (Å²) in [6.07, 6.45) is 5.37. The molecule has 0 amide bonds. The van der Waals surface area contributed by atoms with Crippen molar-refractivity contribution in [2.45, 2.75) is 45.0 Å². The van der Waals surface area contributed by atoms with Crippen LogP contribution in [0.1, 0.15) is 38.4 Å². The quantitative estimate of drug-likeness (QED) is 0.766. The summed E-state index contributed by atoms with van der Waals surface area (Å²) in [6, 6.07) is 6.14. The molecule has 0 bridgehead atoms. The van der Waals surface area contributed by atoms with E-state index >= 15 is 0 Å². The molecule has 1 aliphatic carbocycles. The lowest BCUT2D eigenvalue weighted by molar-refractivity contribution is 0.343. The highest BCUT2D eigenvalue weighted by atomic mass is 35.5. The van der Waals surface area contributed by atoms with E-state index in [9.17, 15) is 0 Å². The molecule has 1 aromatic carbocycles. The van der Waals surface area contributed by atoms with Crippen molar-refractivity contribution >= 4 is 22.6 Å². The normalized spacial score (nSPS) is 16.1. The molecule has 1 fully saturated rings. The van der Waals surface area contributed by atoms with Crippen molar-refractivity contribution < 1.29 is 4.74 Å². The maximum Gasteiger partial charge on any atom is 0.147 e. The molecule has 0 unspecified atom stereocenters. The number of aromatic nitrogens is 2. The zero-order valence-electron chi connectivity index (χ0n) is 11.9. The summed E-state index contributed by atoms with van der Waals surface area (Å²) < 4.78 is 7.98. The van der Waals surface area contributed by atoms with Crippen LogP contribution in [0.4, 0.5) is 0 Å². The number of benzene rings is 1. The number of rotatable bonds is 5. The van der Waals surface area contributed by atoms with Gasteiger partial charge < -0.3 is 9.30 Å². The second-order valence-corrected chi connectivity index (χ2v) is 5.75. The number of hydrogen-bond acceptors (Lipinski definition) is 2. The Bertz CT molecular complexity index is 587. The first-order valence-corrected chi connectivity index (χ1v) is 8.03. The number of para-hydroxylation sites is 1. The van der Waals surface area contributed by atoms with Crippen molar-refractivity contribution in [2.75, 3.05) is 6.61 Å². The van der Waals surface area contributed by atoms with E-state index in [-0.39, 0.29) is 0 Å². The lowest BCUT2D eigenvalue weighted by Gasteiger charge is -2.13. The van der Waals surface area contributed by atoms with Gasteiger partial charge in [0.2, 0.25) is 0 Å². The van der Waals surface area contributed by atoms with Crippen LogP contribution < -0.4 is 4.74 Å².